The molecule has 0 saturated heterocycles. The maximum Gasteiger partial charge on any atom is 0.140 e. The van der Waals surface area contributed by atoms with Gasteiger partial charge in [0.1, 0.15) is 5.82 Å². The van der Waals surface area contributed by atoms with E-state index in [2.05, 4.69) is 47.1 Å². The van der Waals surface area contributed by atoms with Crippen LogP contribution >= 0.6 is 31.9 Å². The number of nitrogens with one attached hydrogen (secondary N) is 1. The Morgan fingerprint density at radius 3 is 2.76 bits per heavy atom. The zero-order valence-corrected chi connectivity index (χ0v) is 13.2. The van der Waals surface area contributed by atoms with E-state index in [4.69, 9.17) is 4.74 Å². The van der Waals surface area contributed by atoms with Crippen molar-refractivity contribution in [3.8, 4) is 0 Å². The Morgan fingerprint density at radius 2 is 2.12 bits per heavy atom. The Labute approximate surface area is 119 Å². The Balaban J connectivity index is 2.18. The van der Waals surface area contributed by atoms with Gasteiger partial charge in [0.15, 0.2) is 0 Å². The molecule has 1 rings (SSSR count). The Morgan fingerprint density at radius 1 is 1.35 bits per heavy atom. The summed E-state index contributed by atoms with van der Waals surface area (Å²) in [4.78, 5) is 6.35. The second-order valence-electron chi connectivity index (χ2n) is 3.83. The molecule has 0 radical (unpaired) electrons. The van der Waals surface area contributed by atoms with Crippen LogP contribution in [-0.4, -0.2) is 50.3 Å². The molecule has 6 heteroatoms. The zero-order chi connectivity index (χ0) is 12.7. The molecule has 1 N–H and O–H groups in total. The summed E-state index contributed by atoms with van der Waals surface area (Å²) in [5.41, 5.74) is 0. The van der Waals surface area contributed by atoms with Gasteiger partial charge in [0.2, 0.25) is 0 Å². The van der Waals surface area contributed by atoms with Crippen molar-refractivity contribution in [1.29, 1.82) is 0 Å². The minimum atomic E-state index is 0.679. The third-order valence-electron chi connectivity index (χ3n) is 2.03. The van der Waals surface area contributed by atoms with Gasteiger partial charge in [-0.05, 0) is 52.0 Å². The van der Waals surface area contributed by atoms with Crippen LogP contribution in [0, 0.1) is 0 Å². The number of hydrogen-bond acceptors (Lipinski definition) is 4. The predicted octanol–water partition coefficient (Wildman–Crippen LogP) is 2.60. The molecule has 17 heavy (non-hydrogen) atoms. The van der Waals surface area contributed by atoms with E-state index >= 15 is 0 Å². The number of rotatable bonds is 7. The molecule has 4 nitrogen and oxygen atoms in total. The van der Waals surface area contributed by atoms with Gasteiger partial charge in [-0.25, -0.2) is 4.98 Å². The van der Waals surface area contributed by atoms with E-state index in [-0.39, 0.29) is 0 Å². The highest BCUT2D eigenvalue weighted by atomic mass is 79.9. The van der Waals surface area contributed by atoms with Crippen molar-refractivity contribution in [1.82, 2.24) is 9.88 Å². The average Bonchev–Trinajstić information content (AvgIpc) is 2.25. The summed E-state index contributed by atoms with van der Waals surface area (Å²) < 4.78 is 7.37. The first-order valence-corrected chi connectivity index (χ1v) is 6.95. The molecular formula is C11H17Br2N3O. The first kappa shape index (κ1) is 14.9. The highest BCUT2D eigenvalue weighted by Crippen LogP contribution is 2.22. The van der Waals surface area contributed by atoms with Crippen LogP contribution in [0.25, 0.3) is 0 Å². The van der Waals surface area contributed by atoms with Crippen molar-refractivity contribution in [2.24, 2.45) is 0 Å². The molecule has 0 spiro atoms. The lowest BCUT2D eigenvalue weighted by atomic mass is 10.4. The van der Waals surface area contributed by atoms with Gasteiger partial charge in [-0.3, -0.25) is 0 Å². The molecule has 1 heterocycles. The molecule has 0 aliphatic rings. The smallest absolute Gasteiger partial charge is 0.140 e. The number of nitrogens with zero attached hydrogens (tertiary/aromatic N) is 2. The lowest BCUT2D eigenvalue weighted by Gasteiger charge is -2.11. The van der Waals surface area contributed by atoms with Crippen LogP contribution in [0.2, 0.25) is 0 Å². The van der Waals surface area contributed by atoms with Crippen molar-refractivity contribution in [2.75, 3.05) is 45.7 Å². The molecule has 0 saturated carbocycles. The van der Waals surface area contributed by atoms with Crippen molar-refractivity contribution in [3.63, 3.8) is 0 Å². The molecule has 0 aromatic carbocycles. The van der Waals surface area contributed by atoms with E-state index < -0.39 is 0 Å². The lowest BCUT2D eigenvalue weighted by molar-refractivity contribution is 0.126. The maximum absolute atomic E-state index is 5.47. The third-order valence-corrected chi connectivity index (χ3v) is 3.07. The second-order valence-corrected chi connectivity index (χ2v) is 5.60. The van der Waals surface area contributed by atoms with Gasteiger partial charge in [0.05, 0.1) is 17.7 Å². The summed E-state index contributed by atoms with van der Waals surface area (Å²) in [5, 5.41) is 3.21. The Kier molecular flexibility index (Phi) is 7.03. The zero-order valence-electron chi connectivity index (χ0n) is 10.0. The molecule has 96 valence electrons. The fraction of sp³-hybridized carbons (Fsp3) is 0.545. The number of ether oxygens (including phenoxy) is 1. The van der Waals surface area contributed by atoms with Gasteiger partial charge in [-0.1, -0.05) is 0 Å². The molecule has 0 bridgehead atoms. The van der Waals surface area contributed by atoms with Crippen LogP contribution in [0.1, 0.15) is 0 Å². The number of pyridine rings is 1. The number of hydrogen-bond donors (Lipinski definition) is 1. The molecule has 0 atom stereocenters. The van der Waals surface area contributed by atoms with Crippen molar-refractivity contribution in [3.05, 3.63) is 21.2 Å². The number of likely N-dealkylation sites (N-methyl/N-ethyl adjacent to an activating group) is 1. The summed E-state index contributed by atoms with van der Waals surface area (Å²) in [5.74, 6) is 0.837. The molecular weight excluding hydrogens is 350 g/mol. The van der Waals surface area contributed by atoms with Crippen LogP contribution in [0.4, 0.5) is 5.82 Å². The highest BCUT2D eigenvalue weighted by Gasteiger charge is 2.01. The van der Waals surface area contributed by atoms with Crippen molar-refractivity contribution < 1.29 is 4.74 Å². The van der Waals surface area contributed by atoms with Gasteiger partial charge < -0.3 is 15.0 Å². The normalized spacial score (nSPS) is 10.9. The highest BCUT2D eigenvalue weighted by molar-refractivity contribution is 9.11. The largest absolute Gasteiger partial charge is 0.378 e. The first-order valence-electron chi connectivity index (χ1n) is 5.37. The van der Waals surface area contributed by atoms with Crippen molar-refractivity contribution >= 4 is 37.7 Å². The average molecular weight is 367 g/mol. The predicted molar refractivity (Wildman–Crippen MR) is 77.5 cm³/mol. The molecule has 0 fully saturated rings. The minimum Gasteiger partial charge on any atom is -0.378 e. The summed E-state index contributed by atoms with van der Waals surface area (Å²) in [6.07, 6.45) is 1.76. The van der Waals surface area contributed by atoms with E-state index in [0.717, 1.165) is 34.5 Å². The van der Waals surface area contributed by atoms with E-state index in [1.807, 2.05) is 20.2 Å². The number of halogens is 2. The molecule has 0 aliphatic carbocycles. The van der Waals surface area contributed by atoms with E-state index in [1.54, 1.807) is 6.20 Å². The monoisotopic (exact) mass is 365 g/mol. The van der Waals surface area contributed by atoms with Crippen LogP contribution in [0.3, 0.4) is 0 Å². The minimum absolute atomic E-state index is 0.679. The van der Waals surface area contributed by atoms with Gasteiger partial charge in [0, 0.05) is 23.8 Å². The summed E-state index contributed by atoms with van der Waals surface area (Å²) in [7, 11) is 4.06. The van der Waals surface area contributed by atoms with Crippen molar-refractivity contribution in [2.45, 2.75) is 0 Å². The SMILES string of the molecule is CN(C)CCOCCNc1ncc(Br)cc1Br. The number of anilines is 1. The molecule has 1 aromatic rings. The Bertz CT molecular complexity index is 347. The quantitative estimate of drug-likeness (QED) is 0.752. The van der Waals surface area contributed by atoms with Gasteiger partial charge in [-0.15, -0.1) is 0 Å². The maximum atomic E-state index is 5.47. The Hall–Kier alpha value is -0.170. The van der Waals surface area contributed by atoms with Gasteiger partial charge in [-0.2, -0.15) is 0 Å². The van der Waals surface area contributed by atoms with Crippen LogP contribution in [0.15, 0.2) is 21.2 Å². The van der Waals surface area contributed by atoms with Crippen LogP contribution < -0.4 is 5.32 Å². The summed E-state index contributed by atoms with van der Waals surface area (Å²) in [6.45, 7) is 3.13. The summed E-state index contributed by atoms with van der Waals surface area (Å²) >= 11 is 6.81. The molecule has 1 aromatic heterocycles. The fourth-order valence-corrected chi connectivity index (χ4v) is 2.26. The van der Waals surface area contributed by atoms with Crippen LogP contribution in [0.5, 0.6) is 0 Å². The standard InChI is InChI=1S/C11H17Br2N3O/c1-16(2)4-6-17-5-3-14-11-10(13)7-9(12)8-15-11/h7-8H,3-6H2,1-2H3,(H,14,15). The molecule has 0 amide bonds. The van der Waals surface area contributed by atoms with E-state index in [0.29, 0.717) is 6.61 Å². The van der Waals surface area contributed by atoms with Crippen LogP contribution in [-0.2, 0) is 4.74 Å². The third kappa shape index (κ3) is 6.35. The second kappa shape index (κ2) is 8.02. The van der Waals surface area contributed by atoms with Gasteiger partial charge >= 0.3 is 0 Å². The fourth-order valence-electron chi connectivity index (χ4n) is 1.14. The lowest BCUT2D eigenvalue weighted by Crippen LogP contribution is -2.20. The van der Waals surface area contributed by atoms with E-state index in [1.165, 1.54) is 0 Å². The molecule has 0 aliphatic heterocycles. The topological polar surface area (TPSA) is 37.4 Å². The van der Waals surface area contributed by atoms with E-state index in [9.17, 15) is 0 Å². The number of aromatic nitrogens is 1. The molecule has 0 unspecified atom stereocenters. The summed E-state index contributed by atoms with van der Waals surface area (Å²) in [6, 6.07) is 1.96. The first-order chi connectivity index (χ1) is 8.09. The van der Waals surface area contributed by atoms with Gasteiger partial charge in [0.25, 0.3) is 0 Å².